The molecule has 0 saturated heterocycles. The molecule has 0 amide bonds. The predicted molar refractivity (Wildman–Crippen MR) is 44.3 cm³/mol. The van der Waals surface area contributed by atoms with Gasteiger partial charge >= 0.3 is 11.9 Å². The fraction of sp³-hybridized carbons (Fsp3) is 0.750. The van der Waals surface area contributed by atoms with Crippen molar-refractivity contribution in [3.05, 3.63) is 0 Å². The van der Waals surface area contributed by atoms with Gasteiger partial charge in [-0.15, -0.1) is 0 Å². The van der Waals surface area contributed by atoms with E-state index in [4.69, 9.17) is 9.84 Å². The third kappa shape index (κ3) is 8.81. The molecule has 0 radical (unpaired) electrons. The molecule has 0 aromatic heterocycles. The molecule has 0 aliphatic carbocycles. The van der Waals surface area contributed by atoms with Crippen LogP contribution in [0.3, 0.4) is 0 Å². The monoisotopic (exact) mass is 190 g/mol. The van der Waals surface area contributed by atoms with Gasteiger partial charge in [-0.1, -0.05) is 13.8 Å². The topological polar surface area (TPSA) is 72.8 Å². The fourth-order valence-electron chi connectivity index (χ4n) is 0.523. The number of carboxylic acids is 1. The number of carbonyl (C=O) groups excluding carboxylic acids is 1. The average molecular weight is 190 g/mol. The lowest BCUT2D eigenvalue weighted by Gasteiger charge is -2.06. The lowest BCUT2D eigenvalue weighted by Crippen LogP contribution is -2.18. The molecule has 13 heavy (non-hydrogen) atoms. The molecule has 0 rings (SSSR count). The molecule has 1 N–H and O–H groups in total. The van der Waals surface area contributed by atoms with E-state index < -0.39 is 18.5 Å². The first-order chi connectivity index (χ1) is 6.02. The van der Waals surface area contributed by atoms with Gasteiger partial charge in [0.1, 0.15) is 13.2 Å². The Bertz CT molecular complexity index is 175. The summed E-state index contributed by atoms with van der Waals surface area (Å²) in [6.07, 6.45) is 0. The molecule has 0 aromatic rings. The van der Waals surface area contributed by atoms with Crippen LogP contribution in [0, 0.1) is 5.92 Å². The van der Waals surface area contributed by atoms with Crippen LogP contribution in [0.5, 0.6) is 0 Å². The molecule has 0 aliphatic rings. The lowest BCUT2D eigenvalue weighted by atomic mass is 10.2. The molecule has 0 aromatic carbocycles. The first-order valence-electron chi connectivity index (χ1n) is 3.97. The zero-order chi connectivity index (χ0) is 10.3. The van der Waals surface area contributed by atoms with Crippen molar-refractivity contribution in [2.24, 2.45) is 5.92 Å². The van der Waals surface area contributed by atoms with Crippen LogP contribution in [0.1, 0.15) is 13.8 Å². The summed E-state index contributed by atoms with van der Waals surface area (Å²) in [6.45, 7) is 3.36. The first kappa shape index (κ1) is 11.9. The maximum atomic E-state index is 10.8. The number of carbonyl (C=O) groups is 2. The minimum Gasteiger partial charge on any atom is -0.480 e. The zero-order valence-corrected chi connectivity index (χ0v) is 7.78. The molecule has 76 valence electrons. The standard InChI is InChI=1S/C8H14O5/c1-6(2)3-13-8(11)5-12-4-7(9)10/h6H,3-5H2,1-2H3,(H,9,10). The Morgan fingerprint density at radius 2 is 1.92 bits per heavy atom. The van der Waals surface area contributed by atoms with Crippen LogP contribution in [0.2, 0.25) is 0 Å². The molecule has 5 nitrogen and oxygen atoms in total. The summed E-state index contributed by atoms with van der Waals surface area (Å²) in [5.74, 6) is -1.37. The number of ether oxygens (including phenoxy) is 2. The van der Waals surface area contributed by atoms with Crippen molar-refractivity contribution in [3.63, 3.8) is 0 Å². The van der Waals surface area contributed by atoms with E-state index >= 15 is 0 Å². The van der Waals surface area contributed by atoms with E-state index in [9.17, 15) is 9.59 Å². The molecular formula is C8H14O5. The number of hydrogen-bond donors (Lipinski definition) is 1. The molecule has 0 unspecified atom stereocenters. The van der Waals surface area contributed by atoms with Crippen molar-refractivity contribution in [3.8, 4) is 0 Å². The van der Waals surface area contributed by atoms with E-state index in [0.29, 0.717) is 6.61 Å². The minimum atomic E-state index is -1.10. The van der Waals surface area contributed by atoms with Crippen LogP contribution in [0.15, 0.2) is 0 Å². The summed E-state index contributed by atoms with van der Waals surface area (Å²) in [5, 5.41) is 8.17. The second-order valence-electron chi connectivity index (χ2n) is 2.96. The molecule has 0 bridgehead atoms. The third-order valence-electron chi connectivity index (χ3n) is 1.02. The van der Waals surface area contributed by atoms with Gasteiger partial charge in [0.15, 0.2) is 0 Å². The molecule has 0 fully saturated rings. The van der Waals surface area contributed by atoms with Gasteiger partial charge in [0.2, 0.25) is 0 Å². The van der Waals surface area contributed by atoms with Gasteiger partial charge < -0.3 is 14.6 Å². The Kier molecular flexibility index (Phi) is 5.88. The highest BCUT2D eigenvalue weighted by Crippen LogP contribution is 1.92. The van der Waals surface area contributed by atoms with Crippen LogP contribution >= 0.6 is 0 Å². The van der Waals surface area contributed by atoms with E-state index in [0.717, 1.165) is 0 Å². The summed E-state index contributed by atoms with van der Waals surface area (Å²) < 4.78 is 9.24. The van der Waals surface area contributed by atoms with Crippen LogP contribution in [-0.4, -0.2) is 36.9 Å². The van der Waals surface area contributed by atoms with Crippen molar-refractivity contribution < 1.29 is 24.2 Å². The van der Waals surface area contributed by atoms with E-state index in [1.807, 2.05) is 13.8 Å². The highest BCUT2D eigenvalue weighted by Gasteiger charge is 2.05. The molecule has 5 heteroatoms. The van der Waals surface area contributed by atoms with Gasteiger partial charge in [0.25, 0.3) is 0 Å². The van der Waals surface area contributed by atoms with E-state index in [2.05, 4.69) is 4.74 Å². The number of hydrogen-bond acceptors (Lipinski definition) is 4. The minimum absolute atomic E-state index is 0.267. The maximum absolute atomic E-state index is 10.8. The molecule has 0 heterocycles. The number of rotatable bonds is 6. The second-order valence-corrected chi connectivity index (χ2v) is 2.96. The highest BCUT2D eigenvalue weighted by atomic mass is 16.6. The SMILES string of the molecule is CC(C)COC(=O)COCC(=O)O. The van der Waals surface area contributed by atoms with Gasteiger partial charge in [0, 0.05) is 0 Å². The Morgan fingerprint density at radius 3 is 2.38 bits per heavy atom. The van der Waals surface area contributed by atoms with Crippen LogP contribution in [-0.2, 0) is 19.1 Å². The van der Waals surface area contributed by atoms with E-state index in [1.165, 1.54) is 0 Å². The van der Waals surface area contributed by atoms with Gasteiger partial charge in [0.05, 0.1) is 6.61 Å². The Labute approximate surface area is 76.6 Å². The number of carboxylic acid groups (broad SMARTS) is 1. The smallest absolute Gasteiger partial charge is 0.332 e. The van der Waals surface area contributed by atoms with Crippen LogP contribution < -0.4 is 0 Å². The fourth-order valence-corrected chi connectivity index (χ4v) is 0.523. The number of aliphatic carboxylic acids is 1. The quantitative estimate of drug-likeness (QED) is 0.609. The Balaban J connectivity index is 3.35. The van der Waals surface area contributed by atoms with Crippen molar-refractivity contribution >= 4 is 11.9 Å². The third-order valence-corrected chi connectivity index (χ3v) is 1.02. The second kappa shape index (κ2) is 6.42. The summed E-state index contributed by atoms with van der Waals surface area (Å²) in [7, 11) is 0. The first-order valence-corrected chi connectivity index (χ1v) is 3.97. The molecule has 0 atom stereocenters. The van der Waals surface area contributed by atoms with Gasteiger partial charge in [-0.3, -0.25) is 0 Å². The maximum Gasteiger partial charge on any atom is 0.332 e. The summed E-state index contributed by atoms with van der Waals surface area (Å²) in [5.41, 5.74) is 0. The van der Waals surface area contributed by atoms with Gasteiger partial charge in [-0.05, 0) is 5.92 Å². The predicted octanol–water partition coefficient (Wildman–Crippen LogP) is 0.287. The van der Waals surface area contributed by atoms with E-state index in [1.54, 1.807) is 0 Å². The van der Waals surface area contributed by atoms with Crippen LogP contribution in [0.4, 0.5) is 0 Å². The summed E-state index contributed by atoms with van der Waals surface area (Å²) in [6, 6.07) is 0. The van der Waals surface area contributed by atoms with Crippen molar-refractivity contribution in [2.75, 3.05) is 19.8 Å². The highest BCUT2D eigenvalue weighted by molar-refractivity contribution is 5.72. The lowest BCUT2D eigenvalue weighted by molar-refractivity contribution is -0.153. The average Bonchev–Trinajstić information content (AvgIpc) is 2.00. The Hall–Kier alpha value is -1.10. The molecular weight excluding hydrogens is 176 g/mol. The van der Waals surface area contributed by atoms with Crippen molar-refractivity contribution in [1.82, 2.24) is 0 Å². The van der Waals surface area contributed by atoms with Gasteiger partial charge in [-0.25, -0.2) is 9.59 Å². The summed E-state index contributed by atoms with van der Waals surface area (Å²) >= 11 is 0. The molecule has 0 spiro atoms. The zero-order valence-electron chi connectivity index (χ0n) is 7.78. The molecule has 0 saturated carbocycles. The largest absolute Gasteiger partial charge is 0.480 e. The van der Waals surface area contributed by atoms with Gasteiger partial charge in [-0.2, -0.15) is 0 Å². The normalized spacial score (nSPS) is 10.1. The number of esters is 1. The van der Waals surface area contributed by atoms with Crippen molar-refractivity contribution in [2.45, 2.75) is 13.8 Å². The van der Waals surface area contributed by atoms with E-state index in [-0.39, 0.29) is 12.5 Å². The molecule has 0 aliphatic heterocycles. The van der Waals surface area contributed by atoms with Crippen molar-refractivity contribution in [1.29, 1.82) is 0 Å². The summed E-state index contributed by atoms with van der Waals surface area (Å²) in [4.78, 5) is 20.8. The van der Waals surface area contributed by atoms with Crippen LogP contribution in [0.25, 0.3) is 0 Å². The Morgan fingerprint density at radius 1 is 1.31 bits per heavy atom.